The third kappa shape index (κ3) is 6.70. The molecule has 8 nitrogen and oxygen atoms in total. The average Bonchev–Trinajstić information content (AvgIpc) is 2.74. The second-order valence-corrected chi connectivity index (χ2v) is 8.59. The average molecular weight is 457 g/mol. The number of hydrogen-bond donors (Lipinski definition) is 4. The number of carbonyl (C=O) groups excluding carboxylic acids is 3. The maximum Gasteiger partial charge on any atom is 0.270 e. The summed E-state index contributed by atoms with van der Waals surface area (Å²) < 4.78 is 29.5. The van der Waals surface area contributed by atoms with E-state index in [0.29, 0.717) is 12.0 Å². The van der Waals surface area contributed by atoms with Crippen LogP contribution in [-0.2, 0) is 14.4 Å². The molecule has 0 aliphatic heterocycles. The van der Waals surface area contributed by atoms with Crippen molar-refractivity contribution in [1.29, 1.82) is 0 Å². The lowest BCUT2D eigenvalue weighted by Gasteiger charge is -2.39. The van der Waals surface area contributed by atoms with E-state index in [4.69, 9.17) is 5.73 Å². The van der Waals surface area contributed by atoms with Crippen molar-refractivity contribution < 1.29 is 28.3 Å². The van der Waals surface area contributed by atoms with E-state index in [2.05, 4.69) is 10.6 Å². The van der Waals surface area contributed by atoms with Crippen LogP contribution < -0.4 is 16.4 Å². The maximum atomic E-state index is 14.7. The SMILES string of the molecule is CCCC(C)(C)C(F)(F)C(N)C(O)C(=O)NCC(=O)NC(C(=O)N(C)C)c1ccccc1. The minimum absolute atomic E-state index is 0.144. The van der Waals surface area contributed by atoms with Crippen LogP contribution in [0.4, 0.5) is 8.78 Å². The highest BCUT2D eigenvalue weighted by Crippen LogP contribution is 2.42. The molecule has 1 rings (SSSR count). The molecule has 1 aromatic rings. The molecule has 0 saturated heterocycles. The zero-order valence-corrected chi connectivity index (χ0v) is 19.2. The lowest BCUT2D eigenvalue weighted by molar-refractivity contribution is -0.161. The molecule has 3 unspecified atom stereocenters. The molecule has 10 heteroatoms. The summed E-state index contributed by atoms with van der Waals surface area (Å²) in [5.41, 5.74) is 4.54. The number of amides is 3. The van der Waals surface area contributed by atoms with Gasteiger partial charge in [-0.3, -0.25) is 14.4 Å². The molecular weight excluding hydrogens is 422 g/mol. The summed E-state index contributed by atoms with van der Waals surface area (Å²) in [4.78, 5) is 38.3. The summed E-state index contributed by atoms with van der Waals surface area (Å²) in [6, 6.07) is 5.34. The Morgan fingerprint density at radius 3 is 2.22 bits per heavy atom. The molecule has 180 valence electrons. The van der Waals surface area contributed by atoms with Crippen LogP contribution in [0.3, 0.4) is 0 Å². The van der Waals surface area contributed by atoms with Gasteiger partial charge in [-0.05, 0) is 12.0 Å². The lowest BCUT2D eigenvalue weighted by atomic mass is 9.76. The Hall–Kier alpha value is -2.59. The Morgan fingerprint density at radius 1 is 1.16 bits per heavy atom. The van der Waals surface area contributed by atoms with Crippen molar-refractivity contribution in [2.45, 2.75) is 57.7 Å². The molecular formula is C22H34F2N4O4. The molecule has 32 heavy (non-hydrogen) atoms. The van der Waals surface area contributed by atoms with Crippen LogP contribution in [0.1, 0.15) is 45.2 Å². The molecule has 0 fully saturated rings. The highest BCUT2D eigenvalue weighted by Gasteiger charge is 2.54. The number of nitrogens with zero attached hydrogens (tertiary/aromatic N) is 1. The van der Waals surface area contributed by atoms with Gasteiger partial charge in [-0.2, -0.15) is 0 Å². The number of nitrogens with one attached hydrogen (secondary N) is 2. The maximum absolute atomic E-state index is 14.7. The quantitative estimate of drug-likeness (QED) is 0.398. The van der Waals surface area contributed by atoms with Crippen LogP contribution in [0.5, 0.6) is 0 Å². The van der Waals surface area contributed by atoms with Gasteiger partial charge in [-0.25, -0.2) is 8.78 Å². The minimum Gasteiger partial charge on any atom is -0.381 e. The molecule has 3 atom stereocenters. The van der Waals surface area contributed by atoms with Gasteiger partial charge in [-0.1, -0.05) is 57.5 Å². The molecule has 0 aliphatic carbocycles. The number of hydrogen-bond acceptors (Lipinski definition) is 5. The predicted molar refractivity (Wildman–Crippen MR) is 117 cm³/mol. The zero-order chi connectivity index (χ0) is 24.7. The molecule has 0 bridgehead atoms. The Morgan fingerprint density at radius 2 is 1.72 bits per heavy atom. The molecule has 0 heterocycles. The first kappa shape index (κ1) is 27.4. The Balaban J connectivity index is 2.80. The Bertz CT molecular complexity index is 787. The van der Waals surface area contributed by atoms with E-state index in [1.165, 1.54) is 32.8 Å². The standard InChI is InChI=1S/C22H34F2N4O4/c1-6-12-21(2,3)22(23,24)18(25)17(30)19(31)26-13-15(29)27-16(20(32)28(4)5)14-10-8-7-9-11-14/h7-11,16-18,30H,6,12-13,25H2,1-5H3,(H,26,31)(H,27,29). The monoisotopic (exact) mass is 456 g/mol. The van der Waals surface area contributed by atoms with Crippen LogP contribution in [0, 0.1) is 5.41 Å². The van der Waals surface area contributed by atoms with Crippen molar-refractivity contribution in [1.82, 2.24) is 15.5 Å². The molecule has 0 aromatic heterocycles. The molecule has 0 saturated carbocycles. The number of aliphatic hydroxyl groups excluding tert-OH is 1. The summed E-state index contributed by atoms with van der Waals surface area (Å²) in [6.07, 6.45) is -1.60. The first-order valence-electron chi connectivity index (χ1n) is 10.4. The molecule has 0 radical (unpaired) electrons. The fraction of sp³-hybridized carbons (Fsp3) is 0.591. The van der Waals surface area contributed by atoms with E-state index < -0.39 is 53.8 Å². The van der Waals surface area contributed by atoms with E-state index in [0.717, 1.165) is 0 Å². The highest BCUT2D eigenvalue weighted by molar-refractivity contribution is 5.91. The second kappa shape index (κ2) is 11.3. The topological polar surface area (TPSA) is 125 Å². The molecule has 0 spiro atoms. The van der Waals surface area contributed by atoms with Gasteiger partial charge in [0.1, 0.15) is 12.1 Å². The first-order valence-corrected chi connectivity index (χ1v) is 10.4. The number of halogens is 2. The van der Waals surface area contributed by atoms with Crippen molar-refractivity contribution in [3.63, 3.8) is 0 Å². The number of aliphatic hydroxyl groups is 1. The van der Waals surface area contributed by atoms with E-state index in [1.807, 2.05) is 0 Å². The third-order valence-corrected chi connectivity index (χ3v) is 5.35. The first-order chi connectivity index (χ1) is 14.8. The number of benzene rings is 1. The van der Waals surface area contributed by atoms with Gasteiger partial charge in [-0.15, -0.1) is 0 Å². The van der Waals surface area contributed by atoms with Gasteiger partial charge >= 0.3 is 0 Å². The van der Waals surface area contributed by atoms with E-state index in [9.17, 15) is 28.3 Å². The fourth-order valence-corrected chi connectivity index (χ4v) is 3.28. The van der Waals surface area contributed by atoms with Crippen molar-refractivity contribution in [3.05, 3.63) is 35.9 Å². The van der Waals surface area contributed by atoms with Crippen LogP contribution in [0.2, 0.25) is 0 Å². The fourth-order valence-electron chi connectivity index (χ4n) is 3.28. The van der Waals surface area contributed by atoms with Crippen LogP contribution in [-0.4, -0.2) is 66.4 Å². The van der Waals surface area contributed by atoms with Crippen molar-refractivity contribution >= 4 is 17.7 Å². The van der Waals surface area contributed by atoms with E-state index >= 15 is 0 Å². The minimum atomic E-state index is -3.53. The summed E-state index contributed by atoms with van der Waals surface area (Å²) in [7, 11) is 3.06. The highest BCUT2D eigenvalue weighted by atomic mass is 19.3. The Labute approximate surface area is 187 Å². The predicted octanol–water partition coefficient (Wildman–Crippen LogP) is 1.20. The van der Waals surface area contributed by atoms with Crippen molar-refractivity contribution in [3.8, 4) is 0 Å². The molecule has 0 aliphatic rings. The third-order valence-electron chi connectivity index (χ3n) is 5.35. The van der Waals surface area contributed by atoms with Crippen LogP contribution in [0.25, 0.3) is 0 Å². The lowest BCUT2D eigenvalue weighted by Crippen LogP contribution is -2.60. The summed E-state index contributed by atoms with van der Waals surface area (Å²) in [6.45, 7) is 3.76. The van der Waals surface area contributed by atoms with Gasteiger partial charge in [0.2, 0.25) is 11.8 Å². The molecule has 5 N–H and O–H groups in total. The van der Waals surface area contributed by atoms with Crippen LogP contribution >= 0.6 is 0 Å². The summed E-state index contributed by atoms with van der Waals surface area (Å²) >= 11 is 0. The largest absolute Gasteiger partial charge is 0.381 e. The Kier molecular flexibility index (Phi) is 9.71. The van der Waals surface area contributed by atoms with Crippen molar-refractivity contribution in [2.75, 3.05) is 20.6 Å². The van der Waals surface area contributed by atoms with Gasteiger partial charge < -0.3 is 26.4 Å². The van der Waals surface area contributed by atoms with Gasteiger partial charge in [0.05, 0.1) is 6.54 Å². The number of likely N-dealkylation sites (N-methyl/N-ethyl adjacent to an activating group) is 1. The van der Waals surface area contributed by atoms with Gasteiger partial charge in [0, 0.05) is 19.5 Å². The number of nitrogens with two attached hydrogens (primary N) is 1. The molecule has 1 aromatic carbocycles. The zero-order valence-electron chi connectivity index (χ0n) is 19.2. The molecule has 3 amide bonds. The van der Waals surface area contributed by atoms with Gasteiger partial charge in [0.25, 0.3) is 11.8 Å². The normalized spacial score (nSPS) is 14.8. The number of carbonyl (C=O) groups is 3. The number of rotatable bonds is 11. The summed E-state index contributed by atoms with van der Waals surface area (Å²) in [5.74, 6) is -5.86. The smallest absolute Gasteiger partial charge is 0.270 e. The van der Waals surface area contributed by atoms with Crippen molar-refractivity contribution in [2.24, 2.45) is 11.1 Å². The van der Waals surface area contributed by atoms with Gasteiger partial charge in [0.15, 0.2) is 6.10 Å². The van der Waals surface area contributed by atoms with Crippen LogP contribution in [0.15, 0.2) is 30.3 Å². The number of alkyl halides is 2. The van der Waals surface area contributed by atoms with E-state index in [-0.39, 0.29) is 6.42 Å². The summed E-state index contributed by atoms with van der Waals surface area (Å²) in [5, 5.41) is 14.7. The van der Waals surface area contributed by atoms with E-state index in [1.54, 1.807) is 37.3 Å². The second-order valence-electron chi connectivity index (χ2n) is 8.59.